The Morgan fingerprint density at radius 1 is 1.27 bits per heavy atom. The van der Waals surface area contributed by atoms with Gasteiger partial charge >= 0.3 is 5.97 Å². The molecular formula is C18H27NO3. The van der Waals surface area contributed by atoms with E-state index in [0.717, 1.165) is 31.4 Å². The van der Waals surface area contributed by atoms with Gasteiger partial charge in [0.2, 0.25) is 0 Å². The molecule has 1 atom stereocenters. The lowest BCUT2D eigenvalue weighted by atomic mass is 9.81. The van der Waals surface area contributed by atoms with Crippen molar-refractivity contribution in [3.05, 3.63) is 35.9 Å². The summed E-state index contributed by atoms with van der Waals surface area (Å²) in [6, 6.07) is 9.53. The van der Waals surface area contributed by atoms with E-state index >= 15 is 0 Å². The van der Waals surface area contributed by atoms with Crippen LogP contribution in [-0.4, -0.2) is 48.8 Å². The monoisotopic (exact) mass is 305 g/mol. The number of rotatable bonds is 7. The summed E-state index contributed by atoms with van der Waals surface area (Å²) in [7, 11) is 3.99. The highest BCUT2D eigenvalue weighted by molar-refractivity contribution is 5.80. The van der Waals surface area contributed by atoms with Gasteiger partial charge < -0.3 is 14.7 Å². The summed E-state index contributed by atoms with van der Waals surface area (Å²) in [6.07, 6.45) is 4.07. The van der Waals surface area contributed by atoms with E-state index in [0.29, 0.717) is 19.4 Å². The molecule has 122 valence electrons. The second-order valence-corrected chi connectivity index (χ2v) is 6.48. The van der Waals surface area contributed by atoms with E-state index in [1.54, 1.807) is 0 Å². The number of hydrogen-bond donors (Lipinski definition) is 1. The molecule has 0 bridgehead atoms. The Hall–Kier alpha value is -1.39. The summed E-state index contributed by atoms with van der Waals surface area (Å²) in [5.41, 5.74) is -0.107. The van der Waals surface area contributed by atoms with Gasteiger partial charge in [-0.2, -0.15) is 0 Å². The third kappa shape index (κ3) is 4.31. The molecule has 4 nitrogen and oxygen atoms in total. The van der Waals surface area contributed by atoms with Crippen LogP contribution in [0.25, 0.3) is 0 Å². The third-order valence-corrected chi connectivity index (χ3v) is 4.37. The first-order valence-corrected chi connectivity index (χ1v) is 8.12. The van der Waals surface area contributed by atoms with Crippen LogP contribution in [0.3, 0.4) is 0 Å². The van der Waals surface area contributed by atoms with Crippen molar-refractivity contribution in [2.24, 2.45) is 0 Å². The number of esters is 1. The molecule has 0 aliphatic heterocycles. The Bertz CT molecular complexity index is 466. The van der Waals surface area contributed by atoms with Crippen LogP contribution in [0.1, 0.15) is 43.6 Å². The Morgan fingerprint density at radius 3 is 2.50 bits per heavy atom. The molecule has 0 aromatic heterocycles. The summed E-state index contributed by atoms with van der Waals surface area (Å²) in [5, 5.41) is 10.9. The molecule has 0 saturated heterocycles. The predicted octanol–water partition coefficient (Wildman–Crippen LogP) is 2.57. The normalized spacial score (nSPS) is 18.4. The molecule has 1 fully saturated rings. The minimum Gasteiger partial charge on any atom is -0.465 e. The fourth-order valence-electron chi connectivity index (χ4n) is 3.22. The summed E-state index contributed by atoms with van der Waals surface area (Å²) in [6.45, 7) is 1.28. The van der Waals surface area contributed by atoms with Gasteiger partial charge in [-0.15, -0.1) is 0 Å². The van der Waals surface area contributed by atoms with E-state index in [2.05, 4.69) is 4.90 Å². The first-order chi connectivity index (χ1) is 10.5. The molecule has 4 heteroatoms. The highest BCUT2D eigenvalue weighted by Crippen LogP contribution is 2.41. The maximum absolute atomic E-state index is 12.6. The average molecular weight is 305 g/mol. The number of carbonyl (C=O) groups is 1. The fraction of sp³-hybridized carbons (Fsp3) is 0.611. The summed E-state index contributed by atoms with van der Waals surface area (Å²) in [5.74, 6) is -0.870. The molecular weight excluding hydrogens is 278 g/mol. The molecule has 1 N–H and O–H groups in total. The number of aliphatic hydroxyl groups is 1. The zero-order valence-electron chi connectivity index (χ0n) is 13.6. The predicted molar refractivity (Wildman–Crippen MR) is 86.7 cm³/mol. The van der Waals surface area contributed by atoms with Crippen LogP contribution in [0.4, 0.5) is 0 Å². The molecule has 0 spiro atoms. The van der Waals surface area contributed by atoms with Gasteiger partial charge in [0.1, 0.15) is 5.92 Å². The number of carbonyl (C=O) groups excluding carboxylic acids is 1. The van der Waals surface area contributed by atoms with Gasteiger partial charge in [-0.05, 0) is 38.9 Å². The molecule has 1 aliphatic rings. The van der Waals surface area contributed by atoms with Gasteiger partial charge in [0.15, 0.2) is 0 Å². The van der Waals surface area contributed by atoms with Crippen LogP contribution < -0.4 is 0 Å². The second-order valence-electron chi connectivity index (χ2n) is 6.48. The van der Waals surface area contributed by atoms with E-state index in [1.807, 2.05) is 44.4 Å². The van der Waals surface area contributed by atoms with Crippen LogP contribution in [0.2, 0.25) is 0 Å². The SMILES string of the molecule is CN(C)CCCOC(=O)C(c1ccccc1)C1(O)CCCC1. The minimum atomic E-state index is -0.958. The zero-order valence-corrected chi connectivity index (χ0v) is 13.6. The largest absolute Gasteiger partial charge is 0.465 e. The van der Waals surface area contributed by atoms with Crippen LogP contribution >= 0.6 is 0 Å². The van der Waals surface area contributed by atoms with Crippen LogP contribution in [0, 0.1) is 0 Å². The smallest absolute Gasteiger partial charge is 0.316 e. The lowest BCUT2D eigenvalue weighted by Gasteiger charge is -2.31. The number of benzene rings is 1. The fourth-order valence-corrected chi connectivity index (χ4v) is 3.22. The van der Waals surface area contributed by atoms with Gasteiger partial charge in [-0.1, -0.05) is 43.2 Å². The second kappa shape index (κ2) is 7.75. The van der Waals surface area contributed by atoms with Crippen molar-refractivity contribution in [2.45, 2.75) is 43.6 Å². The van der Waals surface area contributed by atoms with Crippen molar-refractivity contribution in [3.8, 4) is 0 Å². The van der Waals surface area contributed by atoms with Gasteiger partial charge in [0.25, 0.3) is 0 Å². The Kier molecular flexibility index (Phi) is 5.98. The Labute approximate surface area is 133 Å². The third-order valence-electron chi connectivity index (χ3n) is 4.37. The van der Waals surface area contributed by atoms with Crippen molar-refractivity contribution in [1.82, 2.24) is 4.90 Å². The topological polar surface area (TPSA) is 49.8 Å². The molecule has 22 heavy (non-hydrogen) atoms. The standard InChI is InChI=1S/C18H27NO3/c1-19(2)13-8-14-22-17(20)16(15-9-4-3-5-10-15)18(21)11-6-7-12-18/h3-5,9-10,16,21H,6-8,11-14H2,1-2H3. The van der Waals surface area contributed by atoms with E-state index < -0.39 is 11.5 Å². The van der Waals surface area contributed by atoms with Crippen LogP contribution in [-0.2, 0) is 9.53 Å². The summed E-state index contributed by atoms with van der Waals surface area (Å²) < 4.78 is 5.46. The van der Waals surface area contributed by atoms with E-state index in [9.17, 15) is 9.90 Å². The van der Waals surface area contributed by atoms with Gasteiger partial charge in [-0.3, -0.25) is 4.79 Å². The minimum absolute atomic E-state index is 0.297. The first kappa shape index (κ1) is 17.0. The highest BCUT2D eigenvalue weighted by Gasteiger charge is 2.45. The number of nitrogens with zero attached hydrogens (tertiary/aromatic N) is 1. The van der Waals surface area contributed by atoms with Crippen LogP contribution in [0.15, 0.2) is 30.3 Å². The molecule has 1 aromatic carbocycles. The molecule has 0 heterocycles. The van der Waals surface area contributed by atoms with Crippen molar-refractivity contribution < 1.29 is 14.6 Å². The first-order valence-electron chi connectivity index (χ1n) is 8.12. The molecule has 0 amide bonds. The quantitative estimate of drug-likeness (QED) is 0.621. The molecule has 2 rings (SSSR count). The van der Waals surface area contributed by atoms with Gasteiger partial charge in [0.05, 0.1) is 12.2 Å². The highest BCUT2D eigenvalue weighted by atomic mass is 16.5. The van der Waals surface area contributed by atoms with E-state index in [-0.39, 0.29) is 5.97 Å². The lowest BCUT2D eigenvalue weighted by molar-refractivity contribution is -0.152. The summed E-state index contributed by atoms with van der Waals surface area (Å²) >= 11 is 0. The van der Waals surface area contributed by atoms with Crippen molar-refractivity contribution in [3.63, 3.8) is 0 Å². The molecule has 1 aromatic rings. The zero-order chi connectivity index (χ0) is 16.0. The van der Waals surface area contributed by atoms with Crippen molar-refractivity contribution in [2.75, 3.05) is 27.2 Å². The number of hydrogen-bond acceptors (Lipinski definition) is 4. The molecule has 1 aliphatic carbocycles. The maximum atomic E-state index is 12.6. The van der Waals surface area contributed by atoms with Gasteiger partial charge in [0, 0.05) is 6.54 Å². The van der Waals surface area contributed by atoms with Crippen molar-refractivity contribution >= 4 is 5.97 Å². The molecule has 0 radical (unpaired) electrons. The Balaban J connectivity index is 2.06. The van der Waals surface area contributed by atoms with Crippen LogP contribution in [0.5, 0.6) is 0 Å². The summed E-state index contributed by atoms with van der Waals surface area (Å²) in [4.78, 5) is 14.6. The maximum Gasteiger partial charge on any atom is 0.316 e. The van der Waals surface area contributed by atoms with E-state index in [1.165, 1.54) is 0 Å². The number of ether oxygens (including phenoxy) is 1. The van der Waals surface area contributed by atoms with Gasteiger partial charge in [-0.25, -0.2) is 0 Å². The average Bonchev–Trinajstić information content (AvgIpc) is 2.92. The Morgan fingerprint density at radius 2 is 1.91 bits per heavy atom. The molecule has 1 saturated carbocycles. The lowest BCUT2D eigenvalue weighted by Crippen LogP contribution is -2.39. The molecule has 1 unspecified atom stereocenters. The van der Waals surface area contributed by atoms with E-state index in [4.69, 9.17) is 4.74 Å². The van der Waals surface area contributed by atoms with Crippen molar-refractivity contribution in [1.29, 1.82) is 0 Å².